The van der Waals surface area contributed by atoms with E-state index < -0.39 is 11.7 Å². The second-order valence-corrected chi connectivity index (χ2v) is 1.40. The van der Waals surface area contributed by atoms with Gasteiger partial charge in [-0.2, -0.15) is 0 Å². The lowest BCUT2D eigenvalue weighted by molar-refractivity contribution is -0.136. The fourth-order valence-corrected chi connectivity index (χ4v) is 0.321. The van der Waals surface area contributed by atoms with Crippen LogP contribution in [0.15, 0.2) is 0 Å². The highest BCUT2D eigenvalue weighted by Gasteiger charge is 2.07. The molecular weight excluding hydrogens is 130 g/mol. The van der Waals surface area contributed by atoms with Crippen molar-refractivity contribution in [2.75, 3.05) is 12.9 Å². The Morgan fingerprint density at radius 3 is 2.25 bits per heavy atom. The van der Waals surface area contributed by atoms with Gasteiger partial charge in [-0.1, -0.05) is 0 Å². The maximum Gasteiger partial charge on any atom is 0.288 e. The van der Waals surface area contributed by atoms with Gasteiger partial charge in [-0.05, 0) is 0 Å². The Labute approximate surface area is 52.0 Å². The Morgan fingerprint density at radius 2 is 2.12 bits per heavy atom. The minimum atomic E-state index is -0.639. The summed E-state index contributed by atoms with van der Waals surface area (Å²) in [5.41, 5.74) is 0. The van der Waals surface area contributed by atoms with Crippen LogP contribution in [-0.4, -0.2) is 24.6 Å². The first-order valence-corrected chi connectivity index (χ1v) is 2.56. The average Bonchev–Trinajstić information content (AvgIpc) is 1.84. The van der Waals surface area contributed by atoms with Crippen LogP contribution in [0.3, 0.4) is 0 Å². The van der Waals surface area contributed by atoms with Crippen molar-refractivity contribution >= 4 is 23.3 Å². The molecule has 0 aromatic heterocycles. The van der Waals surface area contributed by atoms with Crippen molar-refractivity contribution in [1.82, 2.24) is 5.32 Å². The number of carbonyl (C=O) groups excluding carboxylic acids is 2. The number of carbonyl (C=O) groups is 2. The first-order chi connectivity index (χ1) is 3.72. The molecule has 1 amide bonds. The minimum Gasteiger partial charge on any atom is -0.353 e. The maximum absolute atomic E-state index is 10.2. The highest BCUT2D eigenvalue weighted by Crippen LogP contribution is 1.76. The number of amides is 1. The number of ketones is 1. The van der Waals surface area contributed by atoms with Gasteiger partial charge in [0.15, 0.2) is 0 Å². The lowest BCUT2D eigenvalue weighted by atomic mass is 10.4. The van der Waals surface area contributed by atoms with Gasteiger partial charge < -0.3 is 5.32 Å². The van der Waals surface area contributed by atoms with Crippen molar-refractivity contribution in [1.29, 1.82) is 0 Å². The molecule has 0 aromatic carbocycles. The van der Waals surface area contributed by atoms with Gasteiger partial charge >= 0.3 is 0 Å². The number of hydrogen-bond acceptors (Lipinski definition) is 2. The van der Waals surface area contributed by atoms with Crippen LogP contribution in [0.1, 0.15) is 0 Å². The number of likely N-dealkylation sites (N-methyl/N-ethyl adjacent to an activating group) is 1. The van der Waals surface area contributed by atoms with Crippen LogP contribution in [0.25, 0.3) is 0 Å². The van der Waals surface area contributed by atoms with Crippen LogP contribution >= 0.6 is 11.6 Å². The number of alkyl halides is 1. The molecule has 0 aliphatic heterocycles. The standard InChI is InChI=1S/C4H6ClNO2/c1-6-4(8)3(7)2-5/h2H2,1H3,(H,6,8). The summed E-state index contributed by atoms with van der Waals surface area (Å²) in [5, 5.41) is 2.14. The topological polar surface area (TPSA) is 46.2 Å². The van der Waals surface area contributed by atoms with Gasteiger partial charge in [0.25, 0.3) is 5.91 Å². The number of hydrogen-bond donors (Lipinski definition) is 1. The fraction of sp³-hybridized carbons (Fsp3) is 0.500. The molecule has 0 fully saturated rings. The fourth-order valence-electron chi connectivity index (χ4n) is 0.200. The largest absolute Gasteiger partial charge is 0.353 e. The zero-order valence-corrected chi connectivity index (χ0v) is 5.16. The molecule has 0 rings (SSSR count). The number of Topliss-reactive ketones (excluding diaryl/α,β-unsaturated/α-hetero) is 1. The number of halogens is 1. The Kier molecular flexibility index (Phi) is 3.19. The van der Waals surface area contributed by atoms with Crippen LogP contribution < -0.4 is 5.32 Å². The van der Waals surface area contributed by atoms with E-state index in [2.05, 4.69) is 5.32 Å². The van der Waals surface area contributed by atoms with E-state index in [4.69, 9.17) is 11.6 Å². The summed E-state index contributed by atoms with van der Waals surface area (Å²) in [7, 11) is 1.38. The number of rotatable bonds is 2. The second kappa shape index (κ2) is 3.43. The van der Waals surface area contributed by atoms with Crippen molar-refractivity contribution in [3.05, 3.63) is 0 Å². The summed E-state index contributed by atoms with van der Waals surface area (Å²) in [5.74, 6) is -1.49. The normalized spacial score (nSPS) is 8.25. The third-order valence-electron chi connectivity index (χ3n) is 0.602. The van der Waals surface area contributed by atoms with Gasteiger partial charge in [0.2, 0.25) is 5.78 Å². The quantitative estimate of drug-likeness (QED) is 0.412. The monoisotopic (exact) mass is 135 g/mol. The molecule has 0 unspecified atom stereocenters. The summed E-state index contributed by atoms with van der Waals surface area (Å²) in [6.07, 6.45) is 0. The third kappa shape index (κ3) is 1.93. The Hall–Kier alpha value is -0.570. The van der Waals surface area contributed by atoms with E-state index in [1.165, 1.54) is 7.05 Å². The van der Waals surface area contributed by atoms with E-state index in [-0.39, 0.29) is 5.88 Å². The Balaban J connectivity index is 3.64. The van der Waals surface area contributed by atoms with E-state index >= 15 is 0 Å². The van der Waals surface area contributed by atoms with Gasteiger partial charge in [-0.25, -0.2) is 0 Å². The van der Waals surface area contributed by atoms with Gasteiger partial charge in [-0.3, -0.25) is 9.59 Å². The summed E-state index contributed by atoms with van der Waals surface area (Å²) >= 11 is 5.02. The van der Waals surface area contributed by atoms with Crippen LogP contribution in [0.4, 0.5) is 0 Å². The van der Waals surface area contributed by atoms with Crippen LogP contribution in [-0.2, 0) is 9.59 Å². The van der Waals surface area contributed by atoms with Crippen LogP contribution in [0.5, 0.6) is 0 Å². The van der Waals surface area contributed by atoms with E-state index in [0.717, 1.165) is 0 Å². The predicted octanol–water partition coefficient (Wildman–Crippen LogP) is -0.460. The van der Waals surface area contributed by atoms with Crippen LogP contribution in [0, 0.1) is 0 Å². The summed E-state index contributed by atoms with van der Waals surface area (Å²) in [4.78, 5) is 20.4. The zero-order chi connectivity index (χ0) is 6.57. The SMILES string of the molecule is CNC(=O)C(=O)CCl. The van der Waals surface area contributed by atoms with Crippen LogP contribution in [0.2, 0.25) is 0 Å². The average molecular weight is 136 g/mol. The Morgan fingerprint density at radius 1 is 1.62 bits per heavy atom. The highest BCUT2D eigenvalue weighted by atomic mass is 35.5. The molecule has 0 aliphatic carbocycles. The molecule has 0 bridgehead atoms. The predicted molar refractivity (Wildman–Crippen MR) is 29.8 cm³/mol. The molecular formula is C4H6ClNO2. The second-order valence-electron chi connectivity index (χ2n) is 1.14. The van der Waals surface area contributed by atoms with Gasteiger partial charge in [-0.15, -0.1) is 11.6 Å². The molecule has 1 N–H and O–H groups in total. The van der Waals surface area contributed by atoms with Gasteiger partial charge in [0.05, 0.1) is 5.88 Å². The number of nitrogens with one attached hydrogen (secondary N) is 1. The smallest absolute Gasteiger partial charge is 0.288 e. The van der Waals surface area contributed by atoms with Crippen molar-refractivity contribution in [2.24, 2.45) is 0 Å². The minimum absolute atomic E-state index is 0.250. The van der Waals surface area contributed by atoms with Crippen molar-refractivity contribution < 1.29 is 9.59 Å². The summed E-state index contributed by atoms with van der Waals surface area (Å²) < 4.78 is 0. The van der Waals surface area contributed by atoms with Crippen molar-refractivity contribution in [3.63, 3.8) is 0 Å². The Bertz CT molecular complexity index is 98.6. The van der Waals surface area contributed by atoms with Gasteiger partial charge in [0.1, 0.15) is 0 Å². The lowest BCUT2D eigenvalue weighted by Crippen LogP contribution is -2.28. The van der Waals surface area contributed by atoms with E-state index in [0.29, 0.717) is 0 Å². The maximum atomic E-state index is 10.2. The highest BCUT2D eigenvalue weighted by molar-refractivity contribution is 6.46. The molecule has 3 nitrogen and oxygen atoms in total. The van der Waals surface area contributed by atoms with E-state index in [9.17, 15) is 9.59 Å². The molecule has 4 heteroatoms. The zero-order valence-electron chi connectivity index (χ0n) is 4.40. The molecule has 8 heavy (non-hydrogen) atoms. The third-order valence-corrected chi connectivity index (χ3v) is 0.844. The van der Waals surface area contributed by atoms with Crippen molar-refractivity contribution in [2.45, 2.75) is 0 Å². The molecule has 0 aliphatic rings. The molecule has 0 saturated carbocycles. The molecule has 0 spiro atoms. The molecule has 0 saturated heterocycles. The molecule has 0 radical (unpaired) electrons. The van der Waals surface area contributed by atoms with E-state index in [1.54, 1.807) is 0 Å². The lowest BCUT2D eigenvalue weighted by Gasteiger charge is -1.90. The van der Waals surface area contributed by atoms with Crippen molar-refractivity contribution in [3.8, 4) is 0 Å². The summed E-state index contributed by atoms with van der Waals surface area (Å²) in [6.45, 7) is 0. The molecule has 0 atom stereocenters. The first kappa shape index (κ1) is 7.43. The summed E-state index contributed by atoms with van der Waals surface area (Å²) in [6, 6.07) is 0. The molecule has 46 valence electrons. The van der Waals surface area contributed by atoms with Gasteiger partial charge in [0, 0.05) is 7.05 Å². The molecule has 0 aromatic rings. The molecule has 0 heterocycles. The first-order valence-electron chi connectivity index (χ1n) is 2.03. The van der Waals surface area contributed by atoms with E-state index in [1.807, 2.05) is 0 Å².